The molecule has 0 bridgehead atoms. The van der Waals surface area contributed by atoms with E-state index in [1.54, 1.807) is 20.4 Å². The van der Waals surface area contributed by atoms with E-state index >= 15 is 0 Å². The van der Waals surface area contributed by atoms with E-state index in [9.17, 15) is 0 Å². The van der Waals surface area contributed by atoms with Crippen LogP contribution >= 0.6 is 0 Å². The zero-order valence-electron chi connectivity index (χ0n) is 14.9. The van der Waals surface area contributed by atoms with Crippen molar-refractivity contribution in [3.8, 4) is 11.5 Å². The first kappa shape index (κ1) is 17.8. The van der Waals surface area contributed by atoms with Crippen LogP contribution in [0.4, 0.5) is 17.5 Å². The zero-order chi connectivity index (χ0) is 17.4. The van der Waals surface area contributed by atoms with Crippen molar-refractivity contribution < 1.29 is 9.47 Å². The zero-order valence-corrected chi connectivity index (χ0v) is 14.9. The summed E-state index contributed by atoms with van der Waals surface area (Å²) in [6.45, 7) is 6.23. The predicted molar refractivity (Wildman–Crippen MR) is 97.7 cm³/mol. The lowest BCUT2D eigenvalue weighted by Gasteiger charge is -2.21. The number of hydrogen-bond acceptors (Lipinski definition) is 6. The lowest BCUT2D eigenvalue weighted by molar-refractivity contribution is 0.355. The fraction of sp³-hybridized carbons (Fsp3) is 0.444. The largest absolute Gasteiger partial charge is 0.493 e. The van der Waals surface area contributed by atoms with Gasteiger partial charge in [0, 0.05) is 31.0 Å². The second-order valence-corrected chi connectivity index (χ2v) is 5.42. The van der Waals surface area contributed by atoms with Gasteiger partial charge in [-0.25, -0.2) is 4.98 Å². The Morgan fingerprint density at radius 3 is 2.33 bits per heavy atom. The average molecular weight is 330 g/mol. The molecular formula is C18H26N4O2. The van der Waals surface area contributed by atoms with Crippen LogP contribution in [0.3, 0.4) is 0 Å². The highest BCUT2D eigenvalue weighted by molar-refractivity contribution is 5.61. The Hall–Kier alpha value is -2.50. The molecule has 1 aromatic carbocycles. The van der Waals surface area contributed by atoms with Crippen molar-refractivity contribution in [1.29, 1.82) is 0 Å². The van der Waals surface area contributed by atoms with Gasteiger partial charge in [-0.2, -0.15) is 4.98 Å². The Kier molecular flexibility index (Phi) is 6.66. The summed E-state index contributed by atoms with van der Waals surface area (Å²) in [4.78, 5) is 11.3. The summed E-state index contributed by atoms with van der Waals surface area (Å²) in [6.07, 6.45) is 3.91. The van der Waals surface area contributed by atoms with Crippen molar-refractivity contribution in [3.63, 3.8) is 0 Å². The molecule has 0 aliphatic carbocycles. The Morgan fingerprint density at radius 2 is 1.71 bits per heavy atom. The van der Waals surface area contributed by atoms with Crippen LogP contribution in [0.15, 0.2) is 30.5 Å². The number of nitrogens with one attached hydrogen (secondary N) is 1. The van der Waals surface area contributed by atoms with Crippen molar-refractivity contribution in [2.24, 2.45) is 0 Å². The lowest BCUT2D eigenvalue weighted by Crippen LogP contribution is -2.26. The molecular weight excluding hydrogens is 304 g/mol. The molecule has 0 saturated carbocycles. The maximum absolute atomic E-state index is 5.33. The van der Waals surface area contributed by atoms with Crippen LogP contribution in [0.1, 0.15) is 26.7 Å². The molecule has 0 amide bonds. The molecule has 0 atom stereocenters. The van der Waals surface area contributed by atoms with E-state index in [0.717, 1.165) is 43.4 Å². The molecule has 2 rings (SSSR count). The van der Waals surface area contributed by atoms with Gasteiger partial charge in [-0.3, -0.25) is 0 Å². The third kappa shape index (κ3) is 4.50. The van der Waals surface area contributed by atoms with Gasteiger partial charge in [0.15, 0.2) is 11.5 Å². The fourth-order valence-corrected chi connectivity index (χ4v) is 2.48. The van der Waals surface area contributed by atoms with Crippen LogP contribution in [0.5, 0.6) is 11.5 Å². The molecule has 6 nitrogen and oxygen atoms in total. The number of ether oxygens (including phenoxy) is 2. The normalized spacial score (nSPS) is 10.3. The van der Waals surface area contributed by atoms with Crippen LogP contribution in [0.2, 0.25) is 0 Å². The summed E-state index contributed by atoms with van der Waals surface area (Å²) in [6, 6.07) is 7.54. The smallest absolute Gasteiger partial charge is 0.227 e. The van der Waals surface area contributed by atoms with E-state index in [1.165, 1.54) is 0 Å². The standard InChI is InChI=1S/C18H26N4O2/c1-5-11-22(12-6-2)18-19-10-9-17(21-18)20-14-7-8-15(23-3)16(13-14)24-4/h7-10,13H,5-6,11-12H2,1-4H3,(H,19,20,21). The fourth-order valence-electron chi connectivity index (χ4n) is 2.48. The average Bonchev–Trinajstić information content (AvgIpc) is 2.61. The molecule has 130 valence electrons. The van der Waals surface area contributed by atoms with E-state index in [4.69, 9.17) is 9.47 Å². The quantitative estimate of drug-likeness (QED) is 0.753. The SMILES string of the molecule is CCCN(CCC)c1nccc(Nc2ccc(OC)c(OC)c2)n1. The van der Waals surface area contributed by atoms with Gasteiger partial charge in [-0.15, -0.1) is 0 Å². The summed E-state index contributed by atoms with van der Waals surface area (Å²) in [5.74, 6) is 2.88. The highest BCUT2D eigenvalue weighted by Crippen LogP contribution is 2.30. The maximum atomic E-state index is 5.33. The number of benzene rings is 1. The first-order valence-corrected chi connectivity index (χ1v) is 8.28. The van der Waals surface area contributed by atoms with Crippen molar-refractivity contribution in [2.45, 2.75) is 26.7 Å². The Labute approximate surface area is 143 Å². The molecule has 0 spiro atoms. The molecule has 0 saturated heterocycles. The molecule has 0 fully saturated rings. The molecule has 0 radical (unpaired) electrons. The van der Waals surface area contributed by atoms with Gasteiger partial charge in [0.2, 0.25) is 5.95 Å². The lowest BCUT2D eigenvalue weighted by atomic mass is 10.2. The summed E-state index contributed by atoms with van der Waals surface area (Å²) in [7, 11) is 3.25. The second kappa shape index (κ2) is 8.96. The molecule has 1 N–H and O–H groups in total. The molecule has 6 heteroatoms. The minimum Gasteiger partial charge on any atom is -0.493 e. The van der Waals surface area contributed by atoms with Crippen LogP contribution in [0.25, 0.3) is 0 Å². The Balaban J connectivity index is 2.19. The van der Waals surface area contributed by atoms with Gasteiger partial charge in [0.05, 0.1) is 14.2 Å². The van der Waals surface area contributed by atoms with Crippen LogP contribution < -0.4 is 19.7 Å². The van der Waals surface area contributed by atoms with Crippen LogP contribution in [-0.2, 0) is 0 Å². The molecule has 0 aliphatic rings. The van der Waals surface area contributed by atoms with Gasteiger partial charge in [0.25, 0.3) is 0 Å². The van der Waals surface area contributed by atoms with Gasteiger partial charge in [-0.05, 0) is 31.0 Å². The van der Waals surface area contributed by atoms with Gasteiger partial charge < -0.3 is 19.7 Å². The maximum Gasteiger partial charge on any atom is 0.227 e. The van der Waals surface area contributed by atoms with E-state index in [1.807, 2.05) is 24.3 Å². The number of anilines is 3. The summed E-state index contributed by atoms with van der Waals surface area (Å²) in [5.41, 5.74) is 0.884. The van der Waals surface area contributed by atoms with Crippen molar-refractivity contribution in [3.05, 3.63) is 30.5 Å². The third-order valence-electron chi connectivity index (χ3n) is 3.57. The van der Waals surface area contributed by atoms with E-state index in [2.05, 4.69) is 34.0 Å². The minimum absolute atomic E-state index is 0.676. The van der Waals surface area contributed by atoms with Gasteiger partial charge in [0.1, 0.15) is 5.82 Å². The Bertz CT molecular complexity index is 643. The number of nitrogens with zero attached hydrogens (tertiary/aromatic N) is 3. The van der Waals surface area contributed by atoms with Crippen molar-refractivity contribution >= 4 is 17.5 Å². The number of aromatic nitrogens is 2. The van der Waals surface area contributed by atoms with Crippen LogP contribution in [-0.4, -0.2) is 37.3 Å². The van der Waals surface area contributed by atoms with Crippen molar-refractivity contribution in [2.75, 3.05) is 37.5 Å². The summed E-state index contributed by atoms with van der Waals surface area (Å²) in [5, 5.41) is 3.30. The predicted octanol–water partition coefficient (Wildman–Crippen LogP) is 3.86. The molecule has 0 unspecified atom stereocenters. The van der Waals surface area contributed by atoms with Crippen molar-refractivity contribution in [1.82, 2.24) is 9.97 Å². The third-order valence-corrected chi connectivity index (χ3v) is 3.57. The second-order valence-electron chi connectivity index (χ2n) is 5.42. The summed E-state index contributed by atoms with van der Waals surface area (Å²) < 4.78 is 10.6. The van der Waals surface area contributed by atoms with E-state index in [-0.39, 0.29) is 0 Å². The summed E-state index contributed by atoms with van der Waals surface area (Å²) >= 11 is 0. The number of rotatable bonds is 9. The van der Waals surface area contributed by atoms with Gasteiger partial charge in [-0.1, -0.05) is 13.8 Å². The first-order chi connectivity index (χ1) is 11.7. The highest BCUT2D eigenvalue weighted by Gasteiger charge is 2.09. The topological polar surface area (TPSA) is 59.5 Å². The number of hydrogen-bond donors (Lipinski definition) is 1. The minimum atomic E-state index is 0.676. The van der Waals surface area contributed by atoms with Crippen LogP contribution in [0, 0.1) is 0 Å². The molecule has 1 heterocycles. The van der Waals surface area contributed by atoms with E-state index < -0.39 is 0 Å². The molecule has 24 heavy (non-hydrogen) atoms. The highest BCUT2D eigenvalue weighted by atomic mass is 16.5. The Morgan fingerprint density at radius 1 is 1.00 bits per heavy atom. The first-order valence-electron chi connectivity index (χ1n) is 8.28. The number of methoxy groups -OCH3 is 2. The van der Waals surface area contributed by atoms with E-state index in [0.29, 0.717) is 11.5 Å². The molecule has 2 aromatic rings. The van der Waals surface area contributed by atoms with Gasteiger partial charge >= 0.3 is 0 Å². The monoisotopic (exact) mass is 330 g/mol. The molecule has 0 aliphatic heterocycles. The molecule has 1 aromatic heterocycles.